The first kappa shape index (κ1) is 19.3. The summed E-state index contributed by atoms with van der Waals surface area (Å²) in [6.07, 6.45) is -0.657. The van der Waals surface area contributed by atoms with Crippen molar-refractivity contribution in [1.82, 2.24) is 4.90 Å². The van der Waals surface area contributed by atoms with Crippen LogP contribution < -0.4 is 0 Å². The number of alkyl halides is 2. The number of carbonyl (C=O) groups is 1. The highest BCUT2D eigenvalue weighted by Crippen LogP contribution is 2.21. The molecule has 0 aliphatic carbocycles. The van der Waals surface area contributed by atoms with Crippen LogP contribution in [0.1, 0.15) is 40.0 Å². The lowest BCUT2D eigenvalue weighted by molar-refractivity contribution is 0.0182. The molecule has 0 saturated carbocycles. The molecular formula is C14H24F2NO4+. The number of carbonyl (C=O) groups excluding carboxylic acids is 1. The number of allylic oxidation sites excluding steroid dienone is 1. The number of hydrogen-bond donors (Lipinski definition) is 1. The van der Waals surface area contributed by atoms with E-state index in [1.807, 2.05) is 0 Å². The Kier molecular flexibility index (Phi) is 7.32. The van der Waals surface area contributed by atoms with Gasteiger partial charge in [0.1, 0.15) is 12.0 Å². The van der Waals surface area contributed by atoms with Crippen LogP contribution in [0.5, 0.6) is 0 Å². The number of aliphatic hydroxyl groups excluding tert-OH is 1. The molecule has 0 aromatic carbocycles. The first-order valence-electron chi connectivity index (χ1n) is 6.70. The Hall–Kier alpha value is -1.66. The van der Waals surface area contributed by atoms with Gasteiger partial charge in [-0.2, -0.15) is 0 Å². The van der Waals surface area contributed by atoms with E-state index >= 15 is 0 Å². The van der Waals surface area contributed by atoms with Crippen molar-refractivity contribution in [2.75, 3.05) is 13.1 Å². The fourth-order valence-corrected chi connectivity index (χ4v) is 1.46. The fourth-order valence-electron chi connectivity index (χ4n) is 1.46. The number of ether oxygens (including phenoxy) is 1. The summed E-state index contributed by atoms with van der Waals surface area (Å²) in [6, 6.07) is 0. The van der Waals surface area contributed by atoms with E-state index in [-0.39, 0.29) is 25.9 Å². The number of amides is 1. The summed E-state index contributed by atoms with van der Waals surface area (Å²) >= 11 is 0. The van der Waals surface area contributed by atoms with Crippen LogP contribution in [0.2, 0.25) is 0 Å². The van der Waals surface area contributed by atoms with Gasteiger partial charge < -0.3 is 19.5 Å². The van der Waals surface area contributed by atoms with Gasteiger partial charge in [-0.15, -0.1) is 0 Å². The Bertz CT molecular complexity index is 378. The van der Waals surface area contributed by atoms with Gasteiger partial charge in [-0.25, -0.2) is 13.6 Å². The number of carboxylic acid groups (broad SMARTS) is 1. The lowest BCUT2D eigenvalue weighted by atomic mass is 10.1. The first-order chi connectivity index (χ1) is 9.47. The summed E-state index contributed by atoms with van der Waals surface area (Å²) < 4.78 is 31.3. The van der Waals surface area contributed by atoms with Crippen molar-refractivity contribution >= 4 is 12.1 Å². The van der Waals surface area contributed by atoms with E-state index in [1.165, 1.54) is 4.90 Å². The summed E-state index contributed by atoms with van der Waals surface area (Å²) in [4.78, 5) is 21.9. The molecule has 0 bridgehead atoms. The summed E-state index contributed by atoms with van der Waals surface area (Å²) in [6.45, 7) is 8.12. The van der Waals surface area contributed by atoms with E-state index in [2.05, 4.69) is 6.58 Å². The summed E-state index contributed by atoms with van der Waals surface area (Å²) in [5, 5.41) is 8.77. The molecule has 7 heteroatoms. The molecule has 0 radical (unpaired) electrons. The third kappa shape index (κ3) is 9.81. The van der Waals surface area contributed by atoms with E-state index in [0.717, 1.165) is 0 Å². The minimum Gasteiger partial charge on any atom is -0.444 e. The molecular weight excluding hydrogens is 284 g/mol. The number of hydrogen-bond acceptors (Lipinski definition) is 2. The molecule has 122 valence electrons. The van der Waals surface area contributed by atoms with Gasteiger partial charge >= 0.3 is 12.1 Å². The normalized spacial score (nSPS) is 11.9. The molecule has 0 unspecified atom stereocenters. The molecule has 5 nitrogen and oxygen atoms in total. The average Bonchev–Trinajstić information content (AvgIpc) is 2.30. The minimum atomic E-state index is -2.98. The molecule has 0 atom stereocenters. The lowest BCUT2D eigenvalue weighted by Gasteiger charge is -2.27. The van der Waals surface area contributed by atoms with Crippen LogP contribution in [0.15, 0.2) is 12.7 Å². The van der Waals surface area contributed by atoms with E-state index in [0.29, 0.717) is 6.08 Å². The third-order valence-electron chi connectivity index (χ3n) is 2.49. The van der Waals surface area contributed by atoms with Crippen molar-refractivity contribution < 1.29 is 28.2 Å². The number of nitrogens with zero attached hydrogens (tertiary/aromatic N) is 1. The molecule has 21 heavy (non-hydrogen) atoms. The molecule has 0 heterocycles. The van der Waals surface area contributed by atoms with Gasteiger partial charge in [0.15, 0.2) is 0 Å². The van der Waals surface area contributed by atoms with Crippen LogP contribution in [0, 0.1) is 0 Å². The van der Waals surface area contributed by atoms with Crippen LogP contribution in [-0.2, 0) is 4.74 Å². The second-order valence-corrected chi connectivity index (χ2v) is 5.70. The predicted octanol–water partition coefficient (Wildman–Crippen LogP) is 3.28. The summed E-state index contributed by atoms with van der Waals surface area (Å²) in [5.74, 6) is -3.80. The van der Waals surface area contributed by atoms with E-state index in [9.17, 15) is 13.6 Å². The van der Waals surface area contributed by atoms with Crippen LogP contribution in [0.3, 0.4) is 0 Å². The Balaban J connectivity index is 4.55. The van der Waals surface area contributed by atoms with Crippen molar-refractivity contribution in [2.24, 2.45) is 0 Å². The number of carboxylic acids is 1. The van der Waals surface area contributed by atoms with Crippen molar-refractivity contribution in [3.8, 4) is 0 Å². The number of rotatable bonds is 8. The predicted molar refractivity (Wildman–Crippen MR) is 76.4 cm³/mol. The highest BCUT2D eigenvalue weighted by Gasteiger charge is 2.26. The molecule has 0 rings (SSSR count). The maximum absolute atomic E-state index is 13.1. The highest BCUT2D eigenvalue weighted by atomic mass is 19.3. The quantitative estimate of drug-likeness (QED) is 0.552. The van der Waals surface area contributed by atoms with Gasteiger partial charge in [-0.1, -0.05) is 6.58 Å². The molecule has 0 aromatic rings. The van der Waals surface area contributed by atoms with Crippen LogP contribution in [0.4, 0.5) is 13.6 Å². The topological polar surface area (TPSA) is 71.2 Å². The van der Waals surface area contributed by atoms with E-state index in [1.54, 1.807) is 20.8 Å². The van der Waals surface area contributed by atoms with Gasteiger partial charge in [0.05, 0.1) is 0 Å². The Labute approximate surface area is 123 Å². The van der Waals surface area contributed by atoms with E-state index < -0.39 is 30.0 Å². The molecule has 0 aromatic heterocycles. The summed E-state index contributed by atoms with van der Waals surface area (Å²) in [5.41, 5.74) is -0.717. The Morgan fingerprint density at radius 2 is 1.95 bits per heavy atom. The van der Waals surface area contributed by atoms with Crippen LogP contribution in [-0.4, -0.2) is 51.5 Å². The largest absolute Gasteiger partial charge is 0.482 e. The van der Waals surface area contributed by atoms with Crippen molar-refractivity contribution in [3.63, 3.8) is 0 Å². The van der Waals surface area contributed by atoms with Gasteiger partial charge in [0, 0.05) is 19.5 Å². The molecule has 0 saturated heterocycles. The van der Waals surface area contributed by atoms with Gasteiger partial charge in [-0.3, -0.25) is 0 Å². The third-order valence-corrected chi connectivity index (χ3v) is 2.49. The molecule has 0 aliphatic rings. The summed E-state index contributed by atoms with van der Waals surface area (Å²) in [7, 11) is 0. The Morgan fingerprint density at radius 1 is 1.38 bits per heavy atom. The lowest BCUT2D eigenvalue weighted by Crippen LogP contribution is -2.39. The first-order valence-corrected chi connectivity index (χ1v) is 6.70. The van der Waals surface area contributed by atoms with Crippen molar-refractivity contribution in [2.45, 2.75) is 51.6 Å². The average molecular weight is 308 g/mol. The zero-order valence-corrected chi connectivity index (χ0v) is 12.7. The molecule has 2 N–H and O–H groups in total. The zero-order valence-electron chi connectivity index (χ0n) is 12.7. The maximum Gasteiger partial charge on any atom is 0.482 e. The maximum atomic E-state index is 13.1. The fraction of sp³-hybridized carbons (Fsp3) is 0.714. The number of halogens is 2. The minimum absolute atomic E-state index is 0.0170. The van der Waals surface area contributed by atoms with Crippen molar-refractivity contribution in [1.29, 1.82) is 0 Å². The Morgan fingerprint density at radius 3 is 2.38 bits per heavy atom. The molecule has 0 fully saturated rings. The monoisotopic (exact) mass is 308 g/mol. The van der Waals surface area contributed by atoms with E-state index in [4.69, 9.17) is 14.6 Å². The second-order valence-electron chi connectivity index (χ2n) is 5.70. The van der Waals surface area contributed by atoms with Crippen molar-refractivity contribution in [3.05, 3.63) is 12.7 Å². The SMILES string of the molecule is C=CC(F)(F)CCCN(CCC(O)=[OH+])C(=O)OC(C)(C)C. The van der Waals surface area contributed by atoms with Gasteiger partial charge in [0.2, 0.25) is 0 Å². The highest BCUT2D eigenvalue weighted by molar-refractivity contribution is 5.71. The molecule has 0 spiro atoms. The van der Waals surface area contributed by atoms with Gasteiger partial charge in [-0.05, 0) is 33.3 Å². The van der Waals surface area contributed by atoms with Crippen LogP contribution in [0.25, 0.3) is 0 Å². The second kappa shape index (κ2) is 7.95. The molecule has 0 aliphatic heterocycles. The standard InChI is InChI=1S/C14H23F2NO4/c1-5-14(15,16)8-6-9-17(10-7-11(18)19)12(20)21-13(2,3)4/h5H,1,6-10H2,2-4H3,(H,18,19)/p+1. The van der Waals surface area contributed by atoms with Gasteiger partial charge in [0.25, 0.3) is 5.92 Å². The smallest absolute Gasteiger partial charge is 0.444 e. The molecule has 1 amide bonds. The zero-order chi connectivity index (χ0) is 16.7. The van der Waals surface area contributed by atoms with Crippen LogP contribution >= 0.6 is 0 Å². The number of aliphatic carboxylic acids is 1.